The first-order valence-electron chi connectivity index (χ1n) is 10.4. The third-order valence-electron chi connectivity index (χ3n) is 5.04. The Kier molecular flexibility index (Phi) is 6.62. The van der Waals surface area contributed by atoms with Crippen LogP contribution in [0.1, 0.15) is 23.0 Å². The van der Waals surface area contributed by atoms with Crippen molar-refractivity contribution >= 4 is 11.7 Å². The first-order valence-corrected chi connectivity index (χ1v) is 10.4. The molecule has 0 spiro atoms. The predicted molar refractivity (Wildman–Crippen MR) is 123 cm³/mol. The molecular weight excluding hydrogens is 402 g/mol. The van der Waals surface area contributed by atoms with E-state index in [1.807, 2.05) is 69.0 Å². The average molecular weight is 428 g/mol. The third-order valence-corrected chi connectivity index (χ3v) is 5.04. The van der Waals surface area contributed by atoms with Crippen molar-refractivity contribution in [2.75, 3.05) is 11.9 Å². The number of nitrogens with one attached hydrogen (secondary N) is 2. The molecule has 0 fully saturated rings. The lowest BCUT2D eigenvalue weighted by Gasteiger charge is -2.19. The molecule has 1 atom stereocenters. The van der Waals surface area contributed by atoms with Crippen LogP contribution < -0.4 is 10.6 Å². The third kappa shape index (κ3) is 5.41. The van der Waals surface area contributed by atoms with Gasteiger partial charge in [0.2, 0.25) is 5.91 Å². The van der Waals surface area contributed by atoms with E-state index in [1.54, 1.807) is 23.1 Å². The second kappa shape index (κ2) is 9.93. The van der Waals surface area contributed by atoms with E-state index in [0.717, 1.165) is 34.5 Å². The van der Waals surface area contributed by atoms with Crippen molar-refractivity contribution in [2.24, 2.45) is 7.05 Å². The maximum absolute atomic E-state index is 13.1. The van der Waals surface area contributed by atoms with Gasteiger partial charge in [0.05, 0.1) is 6.20 Å². The summed E-state index contributed by atoms with van der Waals surface area (Å²) < 4.78 is 1.74. The summed E-state index contributed by atoms with van der Waals surface area (Å²) in [6, 6.07) is 12.9. The van der Waals surface area contributed by atoms with Gasteiger partial charge in [0.1, 0.15) is 17.7 Å². The van der Waals surface area contributed by atoms with Crippen LogP contribution >= 0.6 is 0 Å². The summed E-state index contributed by atoms with van der Waals surface area (Å²) in [4.78, 5) is 26.0. The van der Waals surface area contributed by atoms with E-state index in [1.165, 1.54) is 0 Å². The summed E-state index contributed by atoms with van der Waals surface area (Å²) in [5.74, 6) is 1.07. The maximum Gasteiger partial charge on any atom is 0.247 e. The van der Waals surface area contributed by atoms with Crippen LogP contribution in [0.2, 0.25) is 0 Å². The van der Waals surface area contributed by atoms with Crippen LogP contribution in [-0.2, 0) is 18.3 Å². The minimum atomic E-state index is -0.512. The average Bonchev–Trinajstić information content (AvgIpc) is 3.25. The molecule has 8 heteroatoms. The standard InChI is InChI=1S/C24H25N7O/c1-17-26-12-18(13-27-17)10-11-25-23(19-6-4-3-5-7-19)24(32)30-22-9-8-20(14-28-22)21-15-29-31(2)16-21/h3-9,12-16,23,25H,10-11H2,1-2H3,(H,28,30,32). The second-order valence-electron chi connectivity index (χ2n) is 7.51. The van der Waals surface area contributed by atoms with Crippen molar-refractivity contribution in [2.45, 2.75) is 19.4 Å². The van der Waals surface area contributed by atoms with Gasteiger partial charge in [-0.05, 0) is 36.6 Å². The Labute approximate surface area is 186 Å². The minimum absolute atomic E-state index is 0.169. The van der Waals surface area contributed by atoms with Crippen molar-refractivity contribution in [3.63, 3.8) is 0 Å². The number of anilines is 1. The minimum Gasteiger partial charge on any atom is -0.309 e. The molecule has 0 saturated heterocycles. The summed E-state index contributed by atoms with van der Waals surface area (Å²) in [6.45, 7) is 2.46. The first-order chi connectivity index (χ1) is 15.6. The number of hydrogen-bond donors (Lipinski definition) is 2. The normalized spacial score (nSPS) is 11.8. The van der Waals surface area contributed by atoms with Gasteiger partial charge in [-0.25, -0.2) is 15.0 Å². The molecule has 1 amide bonds. The Hall–Kier alpha value is -3.91. The zero-order valence-electron chi connectivity index (χ0n) is 18.1. The maximum atomic E-state index is 13.1. The Morgan fingerprint density at radius 2 is 1.75 bits per heavy atom. The van der Waals surface area contributed by atoms with Gasteiger partial charge in [0, 0.05) is 49.5 Å². The van der Waals surface area contributed by atoms with Gasteiger partial charge >= 0.3 is 0 Å². The smallest absolute Gasteiger partial charge is 0.247 e. The van der Waals surface area contributed by atoms with E-state index in [9.17, 15) is 4.79 Å². The molecule has 0 radical (unpaired) electrons. The highest BCUT2D eigenvalue weighted by atomic mass is 16.2. The number of aryl methyl sites for hydroxylation is 2. The highest BCUT2D eigenvalue weighted by Crippen LogP contribution is 2.20. The van der Waals surface area contributed by atoms with Crippen LogP contribution in [0.4, 0.5) is 5.82 Å². The fourth-order valence-corrected chi connectivity index (χ4v) is 3.32. The molecule has 1 aromatic carbocycles. The van der Waals surface area contributed by atoms with E-state index < -0.39 is 6.04 Å². The summed E-state index contributed by atoms with van der Waals surface area (Å²) in [6.07, 6.45) is 9.78. The first kappa shape index (κ1) is 21.3. The predicted octanol–water partition coefficient (Wildman–Crippen LogP) is 3.09. The molecule has 0 bridgehead atoms. The second-order valence-corrected chi connectivity index (χ2v) is 7.51. The molecule has 0 saturated carbocycles. The van der Waals surface area contributed by atoms with Crippen LogP contribution in [-0.4, -0.2) is 37.2 Å². The SMILES string of the molecule is Cc1ncc(CCNC(C(=O)Nc2ccc(-c3cnn(C)c3)cn2)c2ccccc2)cn1. The summed E-state index contributed by atoms with van der Waals surface area (Å²) in [7, 11) is 1.87. The van der Waals surface area contributed by atoms with Gasteiger partial charge in [-0.2, -0.15) is 5.10 Å². The lowest BCUT2D eigenvalue weighted by atomic mass is 10.1. The van der Waals surface area contributed by atoms with Gasteiger partial charge in [-0.3, -0.25) is 9.48 Å². The number of pyridine rings is 1. The van der Waals surface area contributed by atoms with Crippen LogP contribution in [0.3, 0.4) is 0 Å². The number of carbonyl (C=O) groups is 1. The number of hydrogen-bond acceptors (Lipinski definition) is 6. The van der Waals surface area contributed by atoms with E-state index in [0.29, 0.717) is 12.4 Å². The van der Waals surface area contributed by atoms with E-state index in [2.05, 4.69) is 30.7 Å². The molecule has 0 aliphatic carbocycles. The fourth-order valence-electron chi connectivity index (χ4n) is 3.32. The number of rotatable bonds is 8. The molecule has 0 aliphatic heterocycles. The number of amides is 1. The lowest BCUT2D eigenvalue weighted by molar-refractivity contribution is -0.118. The Morgan fingerprint density at radius 3 is 2.41 bits per heavy atom. The van der Waals surface area contributed by atoms with Gasteiger partial charge in [-0.1, -0.05) is 30.3 Å². The zero-order chi connectivity index (χ0) is 22.3. The fraction of sp³-hybridized carbons (Fsp3) is 0.208. The highest BCUT2D eigenvalue weighted by Gasteiger charge is 2.20. The van der Waals surface area contributed by atoms with Crippen molar-refractivity contribution in [3.8, 4) is 11.1 Å². The Balaban J connectivity index is 1.43. The number of benzene rings is 1. The molecule has 4 rings (SSSR count). The van der Waals surface area contributed by atoms with E-state index >= 15 is 0 Å². The summed E-state index contributed by atoms with van der Waals surface area (Å²) >= 11 is 0. The largest absolute Gasteiger partial charge is 0.309 e. The monoisotopic (exact) mass is 427 g/mol. The molecule has 1 unspecified atom stereocenters. The Morgan fingerprint density at radius 1 is 0.969 bits per heavy atom. The van der Waals surface area contributed by atoms with Crippen molar-refractivity contribution in [3.05, 3.63) is 90.4 Å². The van der Waals surface area contributed by atoms with Gasteiger partial charge in [-0.15, -0.1) is 0 Å². The number of nitrogens with zero attached hydrogens (tertiary/aromatic N) is 5. The van der Waals surface area contributed by atoms with Crippen molar-refractivity contribution in [1.29, 1.82) is 0 Å². The summed E-state index contributed by atoms with van der Waals surface area (Å²) in [5.41, 5.74) is 3.82. The van der Waals surface area contributed by atoms with Crippen molar-refractivity contribution < 1.29 is 4.79 Å². The molecule has 0 aliphatic rings. The van der Waals surface area contributed by atoms with E-state index in [-0.39, 0.29) is 5.91 Å². The zero-order valence-corrected chi connectivity index (χ0v) is 18.1. The molecule has 3 aromatic heterocycles. The highest BCUT2D eigenvalue weighted by molar-refractivity contribution is 5.94. The van der Waals surface area contributed by atoms with Crippen LogP contribution in [0.5, 0.6) is 0 Å². The molecule has 162 valence electrons. The molecule has 32 heavy (non-hydrogen) atoms. The van der Waals surface area contributed by atoms with E-state index in [4.69, 9.17) is 0 Å². The van der Waals surface area contributed by atoms with Crippen molar-refractivity contribution in [1.82, 2.24) is 30.0 Å². The van der Waals surface area contributed by atoms with Crippen LogP contribution in [0, 0.1) is 6.92 Å². The van der Waals surface area contributed by atoms with Crippen LogP contribution in [0.15, 0.2) is 73.4 Å². The van der Waals surface area contributed by atoms with Crippen LogP contribution in [0.25, 0.3) is 11.1 Å². The quantitative estimate of drug-likeness (QED) is 0.448. The molecule has 2 N–H and O–H groups in total. The number of carbonyl (C=O) groups excluding carboxylic acids is 1. The molecule has 3 heterocycles. The Bertz CT molecular complexity index is 1160. The van der Waals surface area contributed by atoms with Gasteiger partial charge in [0.15, 0.2) is 0 Å². The van der Waals surface area contributed by atoms with Gasteiger partial charge in [0.25, 0.3) is 0 Å². The van der Waals surface area contributed by atoms with Gasteiger partial charge < -0.3 is 10.6 Å². The topological polar surface area (TPSA) is 97.6 Å². The number of aromatic nitrogens is 5. The lowest BCUT2D eigenvalue weighted by Crippen LogP contribution is -2.34. The summed E-state index contributed by atoms with van der Waals surface area (Å²) in [5, 5.41) is 10.5. The molecule has 4 aromatic rings. The molecule has 8 nitrogen and oxygen atoms in total. The molecular formula is C24H25N7O.